The first-order valence-corrected chi connectivity index (χ1v) is 21.6. The summed E-state index contributed by atoms with van der Waals surface area (Å²) in [6, 6.07) is -8.85. The average Bonchev–Trinajstić information content (AvgIpc) is 3.32. The molecule has 1 unspecified atom stereocenters. The minimum absolute atomic E-state index is 0. The van der Waals surface area contributed by atoms with Crippen molar-refractivity contribution >= 4 is 74.4 Å². The Morgan fingerprint density at radius 2 is 0.452 bits per heavy atom. The van der Waals surface area contributed by atoms with Gasteiger partial charge in [-0.05, 0) is 0 Å². The third-order valence-electron chi connectivity index (χ3n) is 12.9. The fraction of sp³-hybridized carbons (Fsp3) is 1.00. The topological polar surface area (TPSA) is 541 Å². The van der Waals surface area contributed by atoms with Gasteiger partial charge in [0.2, 0.25) is 0 Å². The van der Waals surface area contributed by atoms with Gasteiger partial charge in [0, 0.05) is 0 Å². The summed E-state index contributed by atoms with van der Waals surface area (Å²) in [7, 11) is 0. The van der Waals surface area contributed by atoms with E-state index in [-0.39, 0.29) is 74.4 Å². The first-order valence-electron chi connectivity index (χ1n) is 21.6. The van der Waals surface area contributed by atoms with E-state index in [2.05, 4.69) is 0 Å². The van der Waals surface area contributed by atoms with Gasteiger partial charge in [-0.3, -0.25) is 0 Å². The van der Waals surface area contributed by atoms with Crippen LogP contribution in [0.5, 0.6) is 0 Å². The Labute approximate surface area is 454 Å². The van der Waals surface area contributed by atoms with Crippen LogP contribution in [-0.2, 0) is 52.1 Å². The maximum atomic E-state index is 11.4. The number of rotatable bonds is 16. The molecule has 0 aromatic rings. The number of hydrogen-bond donors (Lipinski definition) is 20. The van der Waals surface area contributed by atoms with E-state index < -0.39 is 224 Å². The summed E-state index contributed by atoms with van der Waals surface area (Å²) in [5.74, 6) is 0. The molecule has 6 heterocycles. The first kappa shape index (κ1) is 73.5. The lowest BCUT2D eigenvalue weighted by Crippen LogP contribution is -2.71. The fourth-order valence-corrected chi connectivity index (χ4v) is 8.78. The lowest BCUT2D eigenvalue weighted by molar-refractivity contribution is -0.367. The minimum atomic E-state index is -1.79. The Hall–Kier alpha value is 0.500. The van der Waals surface area contributed by atoms with E-state index in [9.17, 15) is 71.5 Å². The van der Waals surface area contributed by atoms with E-state index >= 15 is 0 Å². The highest BCUT2D eigenvalue weighted by Crippen LogP contribution is 2.35. The van der Waals surface area contributed by atoms with Crippen molar-refractivity contribution in [2.24, 2.45) is 34.4 Å². The van der Waals surface area contributed by atoms with Crippen LogP contribution in [0.4, 0.5) is 0 Å². The maximum absolute atomic E-state index is 11.4. The van der Waals surface area contributed by atoms with Crippen LogP contribution in [0.3, 0.4) is 0 Å². The Balaban J connectivity index is 0.00000864. The van der Waals surface area contributed by atoms with Crippen LogP contribution in [-0.4, -0.2) is 295 Å². The van der Waals surface area contributed by atoms with E-state index in [1.165, 1.54) is 0 Å². The number of hydrogen-bond acceptors (Lipinski definition) is 31. The highest BCUT2D eigenvalue weighted by molar-refractivity contribution is 5.86. The smallest absolute Gasteiger partial charge is 0.176 e. The van der Waals surface area contributed by atoms with Gasteiger partial charge in [0.25, 0.3) is 0 Å². The zero-order chi connectivity index (χ0) is 49.3. The molecule has 30 atom stereocenters. The summed E-state index contributed by atoms with van der Waals surface area (Å²) in [6.45, 7) is -4.85. The standard InChI is InChI=1S/C36H68N6O25.6ClH/c37-13-21(51)26(8(2-44)57-31(13)56)63-33-15(39)23(53)28(10(4-46)59-33)65-35-17(41)25(55)30(12(6-48)61-35)67-36-18(42)24(54)29(11(5-47)62-36)66-34-16(40)22(52)27(9(3-45)60-34)64-32-14(38)20(50)19(49)7(1-43)58-32;;;;;;/h7-36,43-56H,1-6,37-42H2;6*1H/t7-,8-,9-,10-,11-,12-,13-,14-,15-,16-,17-,18-,19-,20-,21-,22-,23-,24-,25-,26-,27-,28-,29-,30-,31?,32+,33+,34+,35+,36+;;;;;;/m1....../s1. The number of nitrogens with two attached hydrogens (primary N) is 6. The van der Waals surface area contributed by atoms with Crippen LogP contribution in [0.25, 0.3) is 0 Å². The summed E-state index contributed by atoms with van der Waals surface area (Å²) in [5, 5.41) is 147. The van der Waals surface area contributed by atoms with Crippen LogP contribution < -0.4 is 34.4 Å². The van der Waals surface area contributed by atoms with Gasteiger partial charge in [-0.2, -0.15) is 0 Å². The van der Waals surface area contributed by atoms with Crippen LogP contribution >= 0.6 is 74.4 Å². The molecule has 37 heteroatoms. The number of halogens is 6. The molecule has 26 N–H and O–H groups in total. The van der Waals surface area contributed by atoms with E-state index in [1.807, 2.05) is 0 Å². The molecule has 440 valence electrons. The highest BCUT2D eigenvalue weighted by Gasteiger charge is 2.56. The summed E-state index contributed by atoms with van der Waals surface area (Å²) in [6.07, 6.45) is -37.6. The molecular formula is C36H74Cl6N6O25. The molecular weight excluding hydrogens is 1130 g/mol. The zero-order valence-electron chi connectivity index (χ0n) is 38.2. The SMILES string of the molecule is Cl.Cl.Cl.Cl.Cl.Cl.N[C@H]1[C@H](O[C@H]2[C@H](O)[C@@H](N)[C@H](O[C@H]3[C@H](O)[C@@H](N)[C@H](O[C@H]4[C@H](O)[C@@H](N)[C@H](O[C@H]5[C@H](O)[C@@H](N)[C@H](O[C@H]6[C@H](O)[C@@H](N)C(O)O[C@@H]6CO)O[C@@H]5CO)O[C@@H]4CO)O[C@@H]3CO)O[C@@H]2CO)O[C@H](CO)[C@@H](O)[C@@H]1O. The van der Waals surface area contributed by atoms with E-state index in [1.54, 1.807) is 0 Å². The van der Waals surface area contributed by atoms with Gasteiger partial charge in [-0.15, -0.1) is 74.4 Å². The second-order valence-electron chi connectivity index (χ2n) is 17.3. The van der Waals surface area contributed by atoms with Gasteiger partial charge in [-0.25, -0.2) is 0 Å². The number of aliphatic hydroxyl groups is 14. The van der Waals surface area contributed by atoms with Crippen LogP contribution in [0.2, 0.25) is 0 Å². The summed E-state index contributed by atoms with van der Waals surface area (Å²) in [5.41, 5.74) is 36.9. The van der Waals surface area contributed by atoms with Crippen molar-refractivity contribution in [3.8, 4) is 0 Å². The lowest BCUT2D eigenvalue weighted by Gasteiger charge is -2.50. The van der Waals surface area contributed by atoms with Crippen LogP contribution in [0.15, 0.2) is 0 Å². The molecule has 0 radical (unpaired) electrons. The fourth-order valence-electron chi connectivity index (χ4n) is 8.78. The van der Waals surface area contributed by atoms with Gasteiger partial charge < -0.3 is 158 Å². The number of aliphatic hydroxyl groups excluding tert-OH is 14. The molecule has 6 rings (SSSR count). The van der Waals surface area contributed by atoms with Crippen molar-refractivity contribution in [1.82, 2.24) is 0 Å². The zero-order valence-corrected chi connectivity index (χ0v) is 43.1. The molecule has 31 nitrogen and oxygen atoms in total. The predicted octanol–water partition coefficient (Wildman–Crippen LogP) is -11.8. The van der Waals surface area contributed by atoms with E-state index in [0.29, 0.717) is 0 Å². The number of ether oxygens (including phenoxy) is 11. The van der Waals surface area contributed by atoms with Crippen molar-refractivity contribution in [2.45, 2.75) is 184 Å². The molecule has 0 bridgehead atoms. The van der Waals surface area contributed by atoms with Gasteiger partial charge in [0.15, 0.2) is 37.7 Å². The van der Waals surface area contributed by atoms with Crippen molar-refractivity contribution in [2.75, 3.05) is 39.6 Å². The third kappa shape index (κ3) is 15.5. The van der Waals surface area contributed by atoms with Crippen LogP contribution in [0, 0.1) is 0 Å². The molecule has 0 aromatic heterocycles. The summed E-state index contributed by atoms with van der Waals surface area (Å²) < 4.78 is 63.1. The molecule has 6 aliphatic rings. The molecule has 73 heavy (non-hydrogen) atoms. The van der Waals surface area contributed by atoms with Gasteiger partial charge in [-0.1, -0.05) is 0 Å². The average molecular weight is 1200 g/mol. The summed E-state index contributed by atoms with van der Waals surface area (Å²) in [4.78, 5) is 0. The molecule has 0 aromatic carbocycles. The van der Waals surface area contributed by atoms with Crippen molar-refractivity contribution in [1.29, 1.82) is 0 Å². The third-order valence-corrected chi connectivity index (χ3v) is 12.9. The maximum Gasteiger partial charge on any atom is 0.176 e. The van der Waals surface area contributed by atoms with E-state index in [4.69, 9.17) is 86.5 Å². The molecule has 0 aliphatic carbocycles. The summed E-state index contributed by atoms with van der Waals surface area (Å²) >= 11 is 0. The van der Waals surface area contributed by atoms with E-state index in [0.717, 1.165) is 0 Å². The predicted molar refractivity (Wildman–Crippen MR) is 254 cm³/mol. The molecule has 6 fully saturated rings. The van der Waals surface area contributed by atoms with Crippen LogP contribution in [0.1, 0.15) is 0 Å². The van der Waals surface area contributed by atoms with Gasteiger partial charge >= 0.3 is 0 Å². The normalized spacial score (nSPS) is 49.0. The minimum Gasteiger partial charge on any atom is -0.394 e. The molecule has 0 amide bonds. The Morgan fingerprint density at radius 1 is 0.260 bits per heavy atom. The molecule has 0 spiro atoms. The van der Waals surface area contributed by atoms with Crippen molar-refractivity contribution < 1.29 is 124 Å². The van der Waals surface area contributed by atoms with Crippen molar-refractivity contribution in [3.05, 3.63) is 0 Å². The van der Waals surface area contributed by atoms with Gasteiger partial charge in [0.05, 0.1) is 75.9 Å². The second kappa shape index (κ2) is 32.1. The largest absolute Gasteiger partial charge is 0.394 e. The first-order chi connectivity index (χ1) is 31.8. The second-order valence-corrected chi connectivity index (χ2v) is 17.3. The molecule has 6 saturated heterocycles. The molecule has 0 saturated carbocycles. The highest BCUT2D eigenvalue weighted by atomic mass is 35.5. The van der Waals surface area contributed by atoms with Gasteiger partial charge in [0.1, 0.15) is 110 Å². The molecule has 6 aliphatic heterocycles. The Morgan fingerprint density at radius 3 is 0.685 bits per heavy atom. The Bertz CT molecular complexity index is 1550. The Kier molecular flexibility index (Phi) is 32.3. The monoisotopic (exact) mass is 1200 g/mol. The lowest BCUT2D eigenvalue weighted by atomic mass is 9.93. The quantitative estimate of drug-likeness (QED) is 0.0682. The van der Waals surface area contributed by atoms with Crippen molar-refractivity contribution in [3.63, 3.8) is 0 Å².